The highest BCUT2D eigenvalue weighted by Gasteiger charge is 2.30. The molecule has 100 valence electrons. The van der Waals surface area contributed by atoms with Crippen molar-refractivity contribution in [1.29, 1.82) is 0 Å². The molecule has 1 aromatic rings. The van der Waals surface area contributed by atoms with Gasteiger partial charge in [-0.3, -0.25) is 0 Å². The number of rotatable bonds is 3. The third-order valence-electron chi connectivity index (χ3n) is 3.63. The standard InChI is InChI=1S/C13H20N2O2S/c1-8-4-12(5-8)15-18(16,17)13-7-11(14)6-9(2)10(13)3/h6-8,12,15H,4-5,14H2,1-3H3. The van der Waals surface area contributed by atoms with Crippen molar-refractivity contribution in [3.05, 3.63) is 23.3 Å². The molecular formula is C13H20N2O2S. The second-order valence-electron chi connectivity index (χ2n) is 5.36. The number of aryl methyl sites for hydroxylation is 1. The van der Waals surface area contributed by atoms with E-state index in [1.807, 2.05) is 13.8 Å². The van der Waals surface area contributed by atoms with Crippen LogP contribution in [0.3, 0.4) is 0 Å². The Balaban J connectivity index is 2.29. The zero-order valence-corrected chi connectivity index (χ0v) is 11.8. The highest BCUT2D eigenvalue weighted by atomic mass is 32.2. The van der Waals surface area contributed by atoms with E-state index in [2.05, 4.69) is 11.6 Å². The monoisotopic (exact) mass is 268 g/mol. The molecule has 0 saturated heterocycles. The fraction of sp³-hybridized carbons (Fsp3) is 0.538. The molecule has 0 bridgehead atoms. The normalized spacial score (nSPS) is 23.7. The number of anilines is 1. The van der Waals surface area contributed by atoms with Crippen LogP contribution in [0.5, 0.6) is 0 Å². The van der Waals surface area contributed by atoms with E-state index >= 15 is 0 Å². The van der Waals surface area contributed by atoms with Gasteiger partial charge in [-0.25, -0.2) is 13.1 Å². The Morgan fingerprint density at radius 2 is 1.89 bits per heavy atom. The van der Waals surface area contributed by atoms with E-state index in [9.17, 15) is 8.42 Å². The Morgan fingerprint density at radius 1 is 1.28 bits per heavy atom. The van der Waals surface area contributed by atoms with Gasteiger partial charge in [0.25, 0.3) is 0 Å². The minimum Gasteiger partial charge on any atom is -0.399 e. The van der Waals surface area contributed by atoms with Crippen LogP contribution in [0, 0.1) is 19.8 Å². The number of nitrogens with one attached hydrogen (secondary N) is 1. The van der Waals surface area contributed by atoms with Crippen molar-refractivity contribution in [3.8, 4) is 0 Å². The molecule has 18 heavy (non-hydrogen) atoms. The number of benzene rings is 1. The number of hydrogen-bond donors (Lipinski definition) is 2. The SMILES string of the molecule is Cc1cc(N)cc(S(=O)(=O)NC2CC(C)C2)c1C. The number of hydrogen-bond acceptors (Lipinski definition) is 3. The van der Waals surface area contributed by atoms with Gasteiger partial charge in [-0.05, 0) is 55.9 Å². The van der Waals surface area contributed by atoms with Crippen LogP contribution < -0.4 is 10.5 Å². The zero-order chi connectivity index (χ0) is 13.5. The first-order valence-corrected chi connectivity index (χ1v) is 7.67. The lowest BCUT2D eigenvalue weighted by atomic mass is 9.83. The second kappa shape index (κ2) is 4.55. The number of nitrogens with two attached hydrogens (primary N) is 1. The Labute approximate surface area is 109 Å². The summed E-state index contributed by atoms with van der Waals surface area (Å²) in [4.78, 5) is 0.305. The molecule has 1 aromatic carbocycles. The summed E-state index contributed by atoms with van der Waals surface area (Å²) in [5.41, 5.74) is 7.89. The quantitative estimate of drug-likeness (QED) is 0.823. The molecule has 0 spiro atoms. The third-order valence-corrected chi connectivity index (χ3v) is 5.27. The summed E-state index contributed by atoms with van der Waals surface area (Å²) >= 11 is 0. The predicted octanol–water partition coefficient (Wildman–Crippen LogP) is 1.96. The maximum absolute atomic E-state index is 12.3. The number of nitrogen functional groups attached to an aromatic ring is 1. The van der Waals surface area contributed by atoms with Gasteiger partial charge < -0.3 is 5.73 Å². The largest absolute Gasteiger partial charge is 0.399 e. The molecular weight excluding hydrogens is 248 g/mol. The predicted molar refractivity (Wildman–Crippen MR) is 72.8 cm³/mol. The molecule has 1 aliphatic carbocycles. The summed E-state index contributed by atoms with van der Waals surface area (Å²) in [6.07, 6.45) is 1.83. The molecule has 0 heterocycles. The van der Waals surface area contributed by atoms with Crippen molar-refractivity contribution >= 4 is 15.7 Å². The van der Waals surface area contributed by atoms with E-state index in [0.717, 1.165) is 24.0 Å². The molecule has 2 rings (SSSR count). The van der Waals surface area contributed by atoms with E-state index in [-0.39, 0.29) is 6.04 Å². The molecule has 3 N–H and O–H groups in total. The molecule has 1 saturated carbocycles. The lowest BCUT2D eigenvalue weighted by molar-refractivity contribution is 0.270. The van der Waals surface area contributed by atoms with Crippen LogP contribution in [0.1, 0.15) is 30.9 Å². The lowest BCUT2D eigenvalue weighted by Crippen LogP contribution is -2.43. The molecule has 1 fully saturated rings. The molecule has 0 unspecified atom stereocenters. The van der Waals surface area contributed by atoms with Gasteiger partial charge in [-0.15, -0.1) is 0 Å². The first-order chi connectivity index (χ1) is 8.29. The average molecular weight is 268 g/mol. The molecule has 5 heteroatoms. The minimum atomic E-state index is -3.45. The molecule has 0 radical (unpaired) electrons. The average Bonchev–Trinajstić information content (AvgIpc) is 2.20. The van der Waals surface area contributed by atoms with Crippen LogP contribution in [0.15, 0.2) is 17.0 Å². The first-order valence-electron chi connectivity index (χ1n) is 6.18. The summed E-state index contributed by atoms with van der Waals surface area (Å²) in [6.45, 7) is 5.81. The highest BCUT2D eigenvalue weighted by molar-refractivity contribution is 7.89. The minimum absolute atomic E-state index is 0.0751. The Bertz CT molecular complexity index is 561. The van der Waals surface area contributed by atoms with Crippen LogP contribution in [0.4, 0.5) is 5.69 Å². The van der Waals surface area contributed by atoms with Crippen LogP contribution in [0.2, 0.25) is 0 Å². The Morgan fingerprint density at radius 3 is 2.44 bits per heavy atom. The van der Waals surface area contributed by atoms with Gasteiger partial charge >= 0.3 is 0 Å². The lowest BCUT2D eigenvalue weighted by Gasteiger charge is -2.33. The summed E-state index contributed by atoms with van der Waals surface area (Å²) in [5.74, 6) is 0.612. The maximum atomic E-state index is 12.3. The van der Waals surface area contributed by atoms with Gasteiger partial charge in [0.1, 0.15) is 0 Å². The van der Waals surface area contributed by atoms with E-state index in [4.69, 9.17) is 5.73 Å². The maximum Gasteiger partial charge on any atom is 0.241 e. The van der Waals surface area contributed by atoms with Crippen LogP contribution in [0.25, 0.3) is 0 Å². The van der Waals surface area contributed by atoms with Crippen molar-refractivity contribution < 1.29 is 8.42 Å². The van der Waals surface area contributed by atoms with Crippen molar-refractivity contribution in [3.63, 3.8) is 0 Å². The summed E-state index contributed by atoms with van der Waals surface area (Å²) in [5, 5.41) is 0. The van der Waals surface area contributed by atoms with Crippen molar-refractivity contribution in [2.45, 2.75) is 44.6 Å². The van der Waals surface area contributed by atoms with Gasteiger partial charge in [-0.2, -0.15) is 0 Å². The summed E-state index contributed by atoms with van der Waals surface area (Å²) in [6, 6.07) is 3.40. The van der Waals surface area contributed by atoms with E-state index in [1.165, 1.54) is 6.07 Å². The fourth-order valence-corrected chi connectivity index (χ4v) is 4.03. The summed E-state index contributed by atoms with van der Waals surface area (Å²) < 4.78 is 27.4. The van der Waals surface area contributed by atoms with Gasteiger partial charge in [-0.1, -0.05) is 6.92 Å². The number of sulfonamides is 1. The van der Waals surface area contributed by atoms with Gasteiger partial charge in [0.05, 0.1) is 4.90 Å². The van der Waals surface area contributed by atoms with Gasteiger partial charge in [0.2, 0.25) is 10.0 Å². The fourth-order valence-electron chi connectivity index (χ4n) is 2.41. The first kappa shape index (κ1) is 13.4. The van der Waals surface area contributed by atoms with E-state index in [1.54, 1.807) is 6.07 Å². The van der Waals surface area contributed by atoms with Gasteiger partial charge in [0.15, 0.2) is 0 Å². The Hall–Kier alpha value is -1.07. The van der Waals surface area contributed by atoms with Crippen molar-refractivity contribution in [2.24, 2.45) is 5.92 Å². The van der Waals surface area contributed by atoms with E-state index in [0.29, 0.717) is 16.5 Å². The van der Waals surface area contributed by atoms with Crippen LogP contribution in [-0.4, -0.2) is 14.5 Å². The molecule has 0 aromatic heterocycles. The molecule has 0 atom stereocenters. The van der Waals surface area contributed by atoms with Crippen molar-refractivity contribution in [2.75, 3.05) is 5.73 Å². The summed E-state index contributed by atoms with van der Waals surface area (Å²) in [7, 11) is -3.45. The molecule has 0 aliphatic heterocycles. The molecule has 0 amide bonds. The van der Waals surface area contributed by atoms with Crippen LogP contribution in [-0.2, 0) is 10.0 Å². The third kappa shape index (κ3) is 2.52. The molecule has 4 nitrogen and oxygen atoms in total. The zero-order valence-electron chi connectivity index (χ0n) is 11.0. The topological polar surface area (TPSA) is 72.2 Å². The van der Waals surface area contributed by atoms with Gasteiger partial charge in [0, 0.05) is 11.7 Å². The highest BCUT2D eigenvalue weighted by Crippen LogP contribution is 2.29. The van der Waals surface area contributed by atoms with E-state index < -0.39 is 10.0 Å². The molecule has 1 aliphatic rings. The smallest absolute Gasteiger partial charge is 0.241 e. The Kier molecular flexibility index (Phi) is 3.38. The van der Waals surface area contributed by atoms with Crippen molar-refractivity contribution in [1.82, 2.24) is 4.72 Å². The van der Waals surface area contributed by atoms with Crippen LogP contribution >= 0.6 is 0 Å². The second-order valence-corrected chi connectivity index (χ2v) is 7.04.